The lowest BCUT2D eigenvalue weighted by atomic mass is 10.2. The van der Waals surface area contributed by atoms with Gasteiger partial charge in [-0.2, -0.15) is 28.1 Å². The van der Waals surface area contributed by atoms with Gasteiger partial charge in [0.1, 0.15) is 5.76 Å². The van der Waals surface area contributed by atoms with Gasteiger partial charge in [0.25, 0.3) is 0 Å². The number of hydrogen-bond donors (Lipinski definition) is 2. The number of aromatic nitrogens is 3. The van der Waals surface area contributed by atoms with Crippen LogP contribution in [-0.4, -0.2) is 15.0 Å². The van der Waals surface area contributed by atoms with Crippen molar-refractivity contribution in [1.82, 2.24) is 15.0 Å². The van der Waals surface area contributed by atoms with Gasteiger partial charge < -0.3 is 15.1 Å². The Morgan fingerprint density at radius 3 is 2.37 bits per heavy atom. The number of hydrogen-bond acceptors (Lipinski definition) is 6. The van der Waals surface area contributed by atoms with E-state index in [-0.39, 0.29) is 17.6 Å². The summed E-state index contributed by atoms with van der Waals surface area (Å²) in [6.07, 6.45) is -2.89. The molecule has 9 heteroatoms. The Kier molecular flexibility index (Phi) is 5.34. The molecular weight excluding hydrogens is 395 g/mol. The van der Waals surface area contributed by atoms with Crippen LogP contribution in [0.15, 0.2) is 77.4 Å². The molecule has 152 valence electrons. The minimum Gasteiger partial charge on any atom is -0.467 e. The van der Waals surface area contributed by atoms with Crippen molar-refractivity contribution in [2.75, 3.05) is 10.6 Å². The highest BCUT2D eigenvalue weighted by Crippen LogP contribution is 2.31. The fraction of sp³-hybridized carbons (Fsp3) is 0.0952. The topological polar surface area (TPSA) is 75.9 Å². The monoisotopic (exact) mass is 411 g/mol. The third kappa shape index (κ3) is 4.75. The molecule has 0 aliphatic rings. The van der Waals surface area contributed by atoms with Gasteiger partial charge in [-0.3, -0.25) is 0 Å². The molecule has 0 aliphatic heterocycles. The van der Waals surface area contributed by atoms with Gasteiger partial charge in [-0.15, -0.1) is 0 Å². The highest BCUT2D eigenvalue weighted by Gasteiger charge is 2.30. The first kappa shape index (κ1) is 19.4. The van der Waals surface area contributed by atoms with Crippen LogP contribution in [0.4, 0.5) is 30.8 Å². The minimum absolute atomic E-state index is 0.116. The van der Waals surface area contributed by atoms with Gasteiger partial charge in [0, 0.05) is 11.3 Å². The van der Waals surface area contributed by atoms with Gasteiger partial charge in [-0.05, 0) is 30.3 Å². The van der Waals surface area contributed by atoms with Crippen LogP contribution in [0.2, 0.25) is 0 Å². The highest BCUT2D eigenvalue weighted by molar-refractivity contribution is 5.61. The summed E-state index contributed by atoms with van der Waals surface area (Å²) in [5.41, 5.74) is 0.195. The van der Waals surface area contributed by atoms with Crippen molar-refractivity contribution in [3.05, 3.63) is 84.3 Å². The number of benzene rings is 2. The zero-order valence-corrected chi connectivity index (χ0v) is 15.5. The van der Waals surface area contributed by atoms with Crippen LogP contribution in [0, 0.1) is 0 Å². The predicted molar refractivity (Wildman–Crippen MR) is 106 cm³/mol. The van der Waals surface area contributed by atoms with Crippen molar-refractivity contribution in [3.63, 3.8) is 0 Å². The van der Waals surface area contributed by atoms with Crippen molar-refractivity contribution in [2.45, 2.75) is 12.7 Å². The number of anilines is 3. The van der Waals surface area contributed by atoms with Gasteiger partial charge >= 0.3 is 6.18 Å². The molecule has 30 heavy (non-hydrogen) atoms. The number of halogens is 3. The summed E-state index contributed by atoms with van der Waals surface area (Å²) in [7, 11) is 0. The normalized spacial score (nSPS) is 11.3. The summed E-state index contributed by atoms with van der Waals surface area (Å²) in [6, 6.07) is 17.6. The van der Waals surface area contributed by atoms with Crippen molar-refractivity contribution < 1.29 is 17.6 Å². The van der Waals surface area contributed by atoms with Gasteiger partial charge in [0.15, 0.2) is 5.82 Å². The first-order chi connectivity index (χ1) is 14.5. The predicted octanol–water partition coefficient (Wildman–Crippen LogP) is 5.51. The molecule has 4 aromatic rings. The van der Waals surface area contributed by atoms with Crippen LogP contribution >= 0.6 is 0 Å². The molecule has 0 atom stereocenters. The number of rotatable bonds is 6. The van der Waals surface area contributed by atoms with E-state index < -0.39 is 11.7 Å². The third-order valence-corrected chi connectivity index (χ3v) is 4.11. The van der Waals surface area contributed by atoms with E-state index >= 15 is 0 Å². The SMILES string of the molecule is FC(F)(F)c1cccc(Nc2nc(NCc3ccco3)nc(-c3ccccc3)n2)c1. The second-order valence-electron chi connectivity index (χ2n) is 6.31. The third-order valence-electron chi connectivity index (χ3n) is 4.11. The second-order valence-corrected chi connectivity index (χ2v) is 6.31. The molecule has 0 amide bonds. The molecule has 6 nitrogen and oxygen atoms in total. The van der Waals surface area contributed by atoms with E-state index in [1.54, 1.807) is 18.4 Å². The first-order valence-electron chi connectivity index (χ1n) is 8.99. The maximum absolute atomic E-state index is 13.0. The summed E-state index contributed by atoms with van der Waals surface area (Å²) in [6.45, 7) is 0.342. The number of nitrogens with one attached hydrogen (secondary N) is 2. The lowest BCUT2D eigenvalue weighted by molar-refractivity contribution is -0.137. The molecule has 0 unspecified atom stereocenters. The van der Waals surface area contributed by atoms with Gasteiger partial charge in [-0.1, -0.05) is 36.4 Å². The smallest absolute Gasteiger partial charge is 0.416 e. The van der Waals surface area contributed by atoms with Crippen LogP contribution in [0.5, 0.6) is 0 Å². The molecule has 0 saturated carbocycles. The summed E-state index contributed by atoms with van der Waals surface area (Å²) in [5, 5.41) is 5.88. The Morgan fingerprint density at radius 1 is 0.833 bits per heavy atom. The van der Waals surface area contributed by atoms with Crippen molar-refractivity contribution >= 4 is 17.6 Å². The lowest BCUT2D eigenvalue weighted by Gasteiger charge is -2.12. The van der Waals surface area contributed by atoms with E-state index in [1.165, 1.54) is 12.1 Å². The average molecular weight is 411 g/mol. The van der Waals surface area contributed by atoms with E-state index in [9.17, 15) is 13.2 Å². The van der Waals surface area contributed by atoms with E-state index in [0.717, 1.165) is 17.7 Å². The van der Waals surface area contributed by atoms with Crippen LogP contribution in [0.3, 0.4) is 0 Å². The molecule has 0 aliphatic carbocycles. The molecule has 0 spiro atoms. The Labute approximate surface area is 169 Å². The van der Waals surface area contributed by atoms with E-state index in [0.29, 0.717) is 18.1 Å². The van der Waals surface area contributed by atoms with Gasteiger partial charge in [-0.25, -0.2) is 0 Å². The lowest BCUT2D eigenvalue weighted by Crippen LogP contribution is -2.09. The maximum atomic E-state index is 13.0. The molecule has 4 rings (SSSR count). The van der Waals surface area contributed by atoms with Crippen molar-refractivity contribution in [3.8, 4) is 11.4 Å². The average Bonchev–Trinajstić information content (AvgIpc) is 3.26. The standard InChI is InChI=1S/C21H16F3N5O/c22-21(23,24)15-8-4-9-16(12-15)26-20-28-18(14-6-2-1-3-7-14)27-19(29-20)25-13-17-10-5-11-30-17/h1-12H,13H2,(H2,25,26,27,28,29). The van der Waals surface area contributed by atoms with Crippen molar-refractivity contribution in [1.29, 1.82) is 0 Å². The van der Waals surface area contributed by atoms with Crippen LogP contribution in [0.25, 0.3) is 11.4 Å². The quantitative estimate of drug-likeness (QED) is 0.436. The largest absolute Gasteiger partial charge is 0.467 e. The summed E-state index contributed by atoms with van der Waals surface area (Å²) < 4.78 is 44.3. The summed E-state index contributed by atoms with van der Waals surface area (Å²) in [4.78, 5) is 13.0. The summed E-state index contributed by atoms with van der Waals surface area (Å²) in [5.74, 6) is 1.44. The number of nitrogens with zero attached hydrogens (tertiary/aromatic N) is 3. The molecular formula is C21H16F3N5O. The number of furan rings is 1. The van der Waals surface area contributed by atoms with Crippen LogP contribution in [-0.2, 0) is 12.7 Å². The molecule has 2 aromatic heterocycles. The molecule has 0 fully saturated rings. The highest BCUT2D eigenvalue weighted by atomic mass is 19.4. The van der Waals surface area contributed by atoms with E-state index in [2.05, 4.69) is 25.6 Å². The Hall–Kier alpha value is -3.88. The fourth-order valence-corrected chi connectivity index (χ4v) is 2.71. The summed E-state index contributed by atoms with van der Waals surface area (Å²) >= 11 is 0. The minimum atomic E-state index is -4.44. The zero-order chi connectivity index (χ0) is 21.0. The fourth-order valence-electron chi connectivity index (χ4n) is 2.71. The van der Waals surface area contributed by atoms with E-state index in [1.807, 2.05) is 30.3 Å². The van der Waals surface area contributed by atoms with E-state index in [4.69, 9.17) is 4.42 Å². The van der Waals surface area contributed by atoms with Gasteiger partial charge in [0.05, 0.1) is 18.4 Å². The van der Waals surface area contributed by atoms with Crippen molar-refractivity contribution in [2.24, 2.45) is 0 Å². The first-order valence-corrected chi connectivity index (χ1v) is 8.99. The molecule has 2 heterocycles. The second kappa shape index (κ2) is 8.24. The van der Waals surface area contributed by atoms with Crippen LogP contribution < -0.4 is 10.6 Å². The molecule has 2 N–H and O–H groups in total. The molecule has 0 bridgehead atoms. The zero-order valence-electron chi connectivity index (χ0n) is 15.5. The Balaban J connectivity index is 1.65. The Morgan fingerprint density at radius 2 is 1.63 bits per heavy atom. The molecule has 0 radical (unpaired) electrons. The van der Waals surface area contributed by atoms with Crippen LogP contribution in [0.1, 0.15) is 11.3 Å². The Bertz CT molecular complexity index is 1120. The molecule has 0 saturated heterocycles. The maximum Gasteiger partial charge on any atom is 0.416 e. The molecule has 2 aromatic carbocycles. The number of alkyl halides is 3. The van der Waals surface area contributed by atoms with Gasteiger partial charge in [0.2, 0.25) is 11.9 Å².